The molecule has 2 unspecified atom stereocenters. The molecule has 3 heteroatoms. The zero-order valence-electron chi connectivity index (χ0n) is 10.9. The Balaban J connectivity index is 2.22. The van der Waals surface area contributed by atoms with Crippen LogP contribution in [-0.4, -0.2) is 0 Å². The van der Waals surface area contributed by atoms with Crippen molar-refractivity contribution in [2.24, 2.45) is 11.7 Å². The Bertz CT molecular complexity index is 520. The van der Waals surface area contributed by atoms with Gasteiger partial charge in [0.25, 0.3) is 0 Å². The minimum absolute atomic E-state index is 0.164. The number of hydrogen-bond acceptors (Lipinski definition) is 2. The molecule has 1 aromatic carbocycles. The highest BCUT2D eigenvalue weighted by Crippen LogP contribution is 2.30. The Labute approximate surface area is 107 Å². The number of rotatable bonds is 5. The van der Waals surface area contributed by atoms with Gasteiger partial charge in [0, 0.05) is 5.39 Å². The van der Waals surface area contributed by atoms with E-state index < -0.39 is 0 Å². The van der Waals surface area contributed by atoms with E-state index in [1.54, 1.807) is 6.07 Å². The van der Waals surface area contributed by atoms with Crippen LogP contribution in [0.5, 0.6) is 0 Å². The molecule has 1 heterocycles. The predicted octanol–water partition coefficient (Wildman–Crippen LogP) is 4.40. The third-order valence-corrected chi connectivity index (χ3v) is 3.47. The lowest BCUT2D eigenvalue weighted by molar-refractivity contribution is 0.367. The standard InChI is InChI=1S/C15H20FNO/c1-3-4-6-10(2)14(17)13-9-11-7-5-8-12(16)15(11)18-13/h5,7-10,14H,3-4,6,17H2,1-2H3. The highest BCUT2D eigenvalue weighted by atomic mass is 19.1. The fraction of sp³-hybridized carbons (Fsp3) is 0.467. The molecule has 0 amide bonds. The fourth-order valence-electron chi connectivity index (χ4n) is 2.20. The van der Waals surface area contributed by atoms with Gasteiger partial charge in [-0.25, -0.2) is 4.39 Å². The molecule has 0 saturated carbocycles. The predicted molar refractivity (Wildman–Crippen MR) is 71.8 cm³/mol. The maximum Gasteiger partial charge on any atom is 0.169 e. The van der Waals surface area contributed by atoms with Crippen LogP contribution < -0.4 is 5.73 Å². The second-order valence-electron chi connectivity index (χ2n) is 4.95. The van der Waals surface area contributed by atoms with Crippen LogP contribution in [-0.2, 0) is 0 Å². The van der Waals surface area contributed by atoms with Crippen molar-refractivity contribution < 1.29 is 8.81 Å². The number of unbranched alkanes of at least 4 members (excludes halogenated alkanes) is 1. The van der Waals surface area contributed by atoms with Crippen molar-refractivity contribution in [1.82, 2.24) is 0 Å². The minimum Gasteiger partial charge on any atom is -0.456 e. The first-order valence-corrected chi connectivity index (χ1v) is 6.57. The van der Waals surface area contributed by atoms with Crippen molar-refractivity contribution >= 4 is 11.0 Å². The summed E-state index contributed by atoms with van der Waals surface area (Å²) in [7, 11) is 0. The molecule has 2 aromatic rings. The molecule has 2 nitrogen and oxygen atoms in total. The largest absolute Gasteiger partial charge is 0.456 e. The lowest BCUT2D eigenvalue weighted by atomic mass is 9.95. The molecule has 0 bridgehead atoms. The summed E-state index contributed by atoms with van der Waals surface area (Å²) in [5.74, 6) is 0.694. The Hall–Kier alpha value is -1.35. The number of nitrogens with two attached hydrogens (primary N) is 1. The average Bonchev–Trinajstić information content (AvgIpc) is 2.80. The van der Waals surface area contributed by atoms with Crippen molar-refractivity contribution in [3.05, 3.63) is 35.8 Å². The number of furan rings is 1. The second kappa shape index (κ2) is 5.53. The third kappa shape index (κ3) is 2.56. The molecule has 0 spiro atoms. The van der Waals surface area contributed by atoms with Gasteiger partial charge in [-0.3, -0.25) is 0 Å². The van der Waals surface area contributed by atoms with E-state index in [9.17, 15) is 4.39 Å². The summed E-state index contributed by atoms with van der Waals surface area (Å²) in [5, 5.41) is 0.781. The molecule has 2 rings (SSSR count). The smallest absolute Gasteiger partial charge is 0.169 e. The van der Waals surface area contributed by atoms with E-state index in [4.69, 9.17) is 10.2 Å². The van der Waals surface area contributed by atoms with Crippen molar-refractivity contribution in [3.63, 3.8) is 0 Å². The quantitative estimate of drug-likeness (QED) is 0.853. The number of hydrogen-bond donors (Lipinski definition) is 1. The topological polar surface area (TPSA) is 39.2 Å². The first-order valence-electron chi connectivity index (χ1n) is 6.57. The zero-order chi connectivity index (χ0) is 13.1. The lowest BCUT2D eigenvalue weighted by Gasteiger charge is -2.17. The summed E-state index contributed by atoms with van der Waals surface area (Å²) >= 11 is 0. The molecule has 0 fully saturated rings. The van der Waals surface area contributed by atoms with Crippen molar-refractivity contribution in [2.45, 2.75) is 39.2 Å². The molecule has 18 heavy (non-hydrogen) atoms. The number of halogens is 1. The van der Waals surface area contributed by atoms with Gasteiger partial charge in [-0.2, -0.15) is 0 Å². The van der Waals surface area contributed by atoms with Crippen LogP contribution in [0.2, 0.25) is 0 Å². The fourth-order valence-corrected chi connectivity index (χ4v) is 2.20. The van der Waals surface area contributed by atoms with E-state index in [0.717, 1.165) is 24.6 Å². The zero-order valence-corrected chi connectivity index (χ0v) is 10.9. The van der Waals surface area contributed by atoms with Crippen LogP contribution in [0.3, 0.4) is 0 Å². The maximum atomic E-state index is 13.5. The molecule has 0 aliphatic heterocycles. The summed E-state index contributed by atoms with van der Waals surface area (Å²) in [6.45, 7) is 4.28. The average molecular weight is 249 g/mol. The van der Waals surface area contributed by atoms with Gasteiger partial charge in [0.1, 0.15) is 5.76 Å². The molecule has 0 aliphatic rings. The van der Waals surface area contributed by atoms with Gasteiger partial charge in [0.2, 0.25) is 0 Å². The van der Waals surface area contributed by atoms with Crippen LogP contribution in [0, 0.1) is 11.7 Å². The molecule has 2 atom stereocenters. The Morgan fingerprint density at radius 2 is 2.17 bits per heavy atom. The summed E-state index contributed by atoms with van der Waals surface area (Å²) in [6, 6.07) is 6.62. The highest BCUT2D eigenvalue weighted by Gasteiger charge is 2.19. The van der Waals surface area contributed by atoms with Gasteiger partial charge in [-0.1, -0.05) is 38.8 Å². The lowest BCUT2D eigenvalue weighted by Crippen LogP contribution is -2.18. The van der Waals surface area contributed by atoms with Crippen LogP contribution in [0.25, 0.3) is 11.0 Å². The molecule has 0 aliphatic carbocycles. The normalized spacial score (nSPS) is 14.9. The maximum absolute atomic E-state index is 13.5. The van der Waals surface area contributed by atoms with Crippen LogP contribution >= 0.6 is 0 Å². The first-order chi connectivity index (χ1) is 8.63. The summed E-state index contributed by atoms with van der Waals surface area (Å²) in [6.07, 6.45) is 3.38. The first kappa shape index (κ1) is 13.1. The van der Waals surface area contributed by atoms with Gasteiger partial charge in [0.15, 0.2) is 11.4 Å². The summed E-state index contributed by atoms with van der Waals surface area (Å²) < 4.78 is 19.1. The molecular weight excluding hydrogens is 229 g/mol. The van der Waals surface area contributed by atoms with Gasteiger partial charge < -0.3 is 10.2 Å². The van der Waals surface area contributed by atoms with Crippen molar-refractivity contribution in [2.75, 3.05) is 0 Å². The van der Waals surface area contributed by atoms with E-state index in [1.165, 1.54) is 6.07 Å². The molecular formula is C15H20FNO. The van der Waals surface area contributed by atoms with Crippen LogP contribution in [0.4, 0.5) is 4.39 Å². The van der Waals surface area contributed by atoms with Gasteiger partial charge in [-0.15, -0.1) is 0 Å². The Morgan fingerprint density at radius 3 is 2.83 bits per heavy atom. The van der Waals surface area contributed by atoms with Crippen molar-refractivity contribution in [1.29, 1.82) is 0 Å². The number of para-hydroxylation sites is 1. The summed E-state index contributed by atoms with van der Waals surface area (Å²) in [5.41, 5.74) is 6.49. The minimum atomic E-state index is -0.327. The number of fused-ring (bicyclic) bond motifs is 1. The third-order valence-electron chi connectivity index (χ3n) is 3.47. The highest BCUT2D eigenvalue weighted by molar-refractivity contribution is 5.78. The summed E-state index contributed by atoms with van der Waals surface area (Å²) in [4.78, 5) is 0. The van der Waals surface area contributed by atoms with E-state index in [1.807, 2.05) is 12.1 Å². The molecule has 0 saturated heterocycles. The van der Waals surface area contributed by atoms with Crippen LogP contribution in [0.1, 0.15) is 44.9 Å². The van der Waals surface area contributed by atoms with E-state index in [0.29, 0.717) is 17.3 Å². The Kier molecular flexibility index (Phi) is 4.02. The second-order valence-corrected chi connectivity index (χ2v) is 4.95. The van der Waals surface area contributed by atoms with Crippen molar-refractivity contribution in [3.8, 4) is 0 Å². The van der Waals surface area contributed by atoms with Crippen LogP contribution in [0.15, 0.2) is 28.7 Å². The monoisotopic (exact) mass is 249 g/mol. The van der Waals surface area contributed by atoms with E-state index in [2.05, 4.69) is 13.8 Å². The van der Waals surface area contributed by atoms with E-state index >= 15 is 0 Å². The SMILES string of the molecule is CCCCC(C)C(N)c1cc2cccc(F)c2o1. The van der Waals surface area contributed by atoms with Gasteiger partial charge >= 0.3 is 0 Å². The molecule has 1 aromatic heterocycles. The Morgan fingerprint density at radius 1 is 1.39 bits per heavy atom. The van der Waals surface area contributed by atoms with E-state index in [-0.39, 0.29) is 11.9 Å². The molecule has 0 radical (unpaired) electrons. The number of benzene rings is 1. The molecule has 2 N–H and O–H groups in total. The molecule has 98 valence electrons. The van der Waals surface area contributed by atoms with Gasteiger partial charge in [0.05, 0.1) is 6.04 Å². The van der Waals surface area contributed by atoms with Gasteiger partial charge in [-0.05, 0) is 24.5 Å².